The Morgan fingerprint density at radius 1 is 1.20 bits per heavy atom. The molecule has 0 saturated carbocycles. The number of rotatable bonds is 8. The van der Waals surface area contributed by atoms with Crippen molar-refractivity contribution in [1.29, 1.82) is 0 Å². The fraction of sp³-hybridized carbons (Fsp3) is 0.867. The van der Waals surface area contributed by atoms with Gasteiger partial charge in [0.2, 0.25) is 0 Å². The van der Waals surface area contributed by atoms with Crippen molar-refractivity contribution in [3.05, 3.63) is 0 Å². The maximum absolute atomic E-state index is 11.3. The first-order chi connectivity index (χ1) is 9.40. The lowest BCUT2D eigenvalue weighted by Crippen LogP contribution is -2.44. The van der Waals surface area contributed by atoms with Crippen LogP contribution in [0.1, 0.15) is 47.0 Å². The Bertz CT molecular complexity index is 303. The Morgan fingerprint density at radius 2 is 1.85 bits per heavy atom. The van der Waals surface area contributed by atoms with Gasteiger partial charge in [-0.05, 0) is 19.3 Å². The molecule has 0 aromatic rings. The quantitative estimate of drug-likeness (QED) is 0.407. The zero-order valence-corrected chi connectivity index (χ0v) is 13.8. The molecule has 2 N–H and O–H groups in total. The highest BCUT2D eigenvalue weighted by Gasteiger charge is 2.14. The lowest BCUT2D eigenvalue weighted by molar-refractivity contribution is -0.144. The molecule has 2 atom stereocenters. The Labute approximate surface area is 123 Å². The third kappa shape index (κ3) is 8.77. The predicted octanol–water partition coefficient (Wildman–Crippen LogP) is 2.18. The molecule has 20 heavy (non-hydrogen) atoms. The van der Waals surface area contributed by atoms with Crippen LogP contribution < -0.4 is 10.6 Å². The predicted molar refractivity (Wildman–Crippen MR) is 83.8 cm³/mol. The Morgan fingerprint density at radius 3 is 2.35 bits per heavy atom. The van der Waals surface area contributed by atoms with Gasteiger partial charge in [-0.2, -0.15) is 0 Å². The van der Waals surface area contributed by atoms with E-state index in [1.54, 1.807) is 7.05 Å². The van der Waals surface area contributed by atoms with Gasteiger partial charge in [-0.1, -0.05) is 33.6 Å². The fourth-order valence-corrected chi connectivity index (χ4v) is 1.87. The Hall–Kier alpha value is -1.26. The van der Waals surface area contributed by atoms with Crippen LogP contribution in [0.25, 0.3) is 0 Å². The maximum atomic E-state index is 11.3. The molecule has 2 unspecified atom stereocenters. The summed E-state index contributed by atoms with van der Waals surface area (Å²) in [6.07, 6.45) is 3.57. The highest BCUT2D eigenvalue weighted by atomic mass is 16.5. The van der Waals surface area contributed by atoms with E-state index in [1.807, 2.05) is 6.92 Å². The van der Waals surface area contributed by atoms with Crippen molar-refractivity contribution in [2.24, 2.45) is 16.8 Å². The summed E-state index contributed by atoms with van der Waals surface area (Å²) in [5, 5.41) is 6.49. The van der Waals surface area contributed by atoms with E-state index in [0.29, 0.717) is 12.6 Å². The molecule has 0 heterocycles. The highest BCUT2D eigenvalue weighted by Crippen LogP contribution is 2.08. The molecule has 0 fully saturated rings. The number of guanidine groups is 1. The van der Waals surface area contributed by atoms with Crippen LogP contribution >= 0.6 is 0 Å². The molecule has 0 aliphatic rings. The number of esters is 1. The smallest absolute Gasteiger partial charge is 0.310 e. The number of hydrogen-bond acceptors (Lipinski definition) is 3. The SMILES string of the molecule is CN=C(NCC(C)C(=O)OC)NC(C)CCCC(C)C. The van der Waals surface area contributed by atoms with Gasteiger partial charge >= 0.3 is 5.97 Å². The Kier molecular flexibility index (Phi) is 9.86. The number of aliphatic imine (C=N–C) groups is 1. The third-order valence-corrected chi connectivity index (χ3v) is 3.20. The molecular formula is C15H31N3O2. The van der Waals surface area contributed by atoms with Crippen molar-refractivity contribution in [3.63, 3.8) is 0 Å². The van der Waals surface area contributed by atoms with E-state index in [9.17, 15) is 4.79 Å². The van der Waals surface area contributed by atoms with Crippen molar-refractivity contribution in [3.8, 4) is 0 Å². The van der Waals surface area contributed by atoms with Crippen molar-refractivity contribution in [2.75, 3.05) is 20.7 Å². The number of nitrogens with zero attached hydrogens (tertiary/aromatic N) is 1. The molecule has 0 spiro atoms. The van der Waals surface area contributed by atoms with E-state index in [4.69, 9.17) is 4.74 Å². The maximum Gasteiger partial charge on any atom is 0.310 e. The average Bonchev–Trinajstić information content (AvgIpc) is 2.41. The number of hydrogen-bond donors (Lipinski definition) is 2. The van der Waals surface area contributed by atoms with E-state index in [2.05, 4.69) is 36.4 Å². The van der Waals surface area contributed by atoms with E-state index in [0.717, 1.165) is 18.3 Å². The standard InChI is InChI=1S/C15H31N3O2/c1-11(2)8-7-9-13(4)18-15(16-5)17-10-12(3)14(19)20-6/h11-13H,7-10H2,1-6H3,(H2,16,17,18). The first-order valence-corrected chi connectivity index (χ1v) is 7.45. The molecule has 0 radical (unpaired) electrons. The number of carbonyl (C=O) groups excluding carboxylic acids is 1. The van der Waals surface area contributed by atoms with Crippen LogP contribution in [-0.4, -0.2) is 38.7 Å². The summed E-state index contributed by atoms with van der Waals surface area (Å²) in [7, 11) is 3.14. The van der Waals surface area contributed by atoms with E-state index >= 15 is 0 Å². The second-order valence-corrected chi connectivity index (χ2v) is 5.75. The summed E-state index contributed by atoms with van der Waals surface area (Å²) in [5.74, 6) is 1.09. The van der Waals surface area contributed by atoms with E-state index in [-0.39, 0.29) is 11.9 Å². The van der Waals surface area contributed by atoms with E-state index in [1.165, 1.54) is 20.0 Å². The lowest BCUT2D eigenvalue weighted by Gasteiger charge is -2.19. The fourth-order valence-electron chi connectivity index (χ4n) is 1.87. The van der Waals surface area contributed by atoms with Crippen LogP contribution in [0.3, 0.4) is 0 Å². The van der Waals surface area contributed by atoms with Crippen molar-refractivity contribution in [2.45, 2.75) is 53.0 Å². The first-order valence-electron chi connectivity index (χ1n) is 7.45. The van der Waals surface area contributed by atoms with Gasteiger partial charge in [0, 0.05) is 19.6 Å². The largest absolute Gasteiger partial charge is 0.469 e. The van der Waals surface area contributed by atoms with Gasteiger partial charge in [0.05, 0.1) is 13.0 Å². The summed E-state index contributed by atoms with van der Waals surface area (Å²) in [5.41, 5.74) is 0. The summed E-state index contributed by atoms with van der Waals surface area (Å²) in [6.45, 7) is 8.99. The summed E-state index contributed by atoms with van der Waals surface area (Å²) < 4.78 is 4.70. The van der Waals surface area contributed by atoms with Crippen molar-refractivity contribution < 1.29 is 9.53 Å². The van der Waals surface area contributed by atoms with Crippen LogP contribution in [0, 0.1) is 11.8 Å². The van der Waals surface area contributed by atoms with E-state index < -0.39 is 0 Å². The topological polar surface area (TPSA) is 62.7 Å². The van der Waals surface area contributed by atoms with Crippen LogP contribution in [0.5, 0.6) is 0 Å². The molecule has 0 aromatic carbocycles. The van der Waals surface area contributed by atoms with Crippen LogP contribution in [0.4, 0.5) is 0 Å². The van der Waals surface area contributed by atoms with Crippen LogP contribution in [-0.2, 0) is 9.53 Å². The third-order valence-electron chi connectivity index (χ3n) is 3.20. The average molecular weight is 285 g/mol. The normalized spacial score (nSPS) is 14.8. The van der Waals surface area contributed by atoms with Crippen LogP contribution in [0.2, 0.25) is 0 Å². The second kappa shape index (κ2) is 10.5. The minimum Gasteiger partial charge on any atom is -0.469 e. The molecule has 0 bridgehead atoms. The molecule has 0 aromatic heterocycles. The van der Waals surface area contributed by atoms with Gasteiger partial charge < -0.3 is 15.4 Å². The number of ether oxygens (including phenoxy) is 1. The summed E-state index contributed by atoms with van der Waals surface area (Å²) >= 11 is 0. The second-order valence-electron chi connectivity index (χ2n) is 5.75. The highest BCUT2D eigenvalue weighted by molar-refractivity contribution is 5.80. The minimum absolute atomic E-state index is 0.185. The molecule has 0 saturated heterocycles. The number of carbonyl (C=O) groups is 1. The molecule has 0 aliphatic carbocycles. The molecule has 118 valence electrons. The number of methoxy groups -OCH3 is 1. The zero-order valence-electron chi connectivity index (χ0n) is 13.8. The lowest BCUT2D eigenvalue weighted by atomic mass is 10.0. The monoisotopic (exact) mass is 285 g/mol. The van der Waals surface area contributed by atoms with Gasteiger partial charge in [-0.15, -0.1) is 0 Å². The Balaban J connectivity index is 4.00. The first kappa shape index (κ1) is 18.7. The van der Waals surface area contributed by atoms with Gasteiger partial charge in [-0.25, -0.2) is 0 Å². The number of nitrogens with one attached hydrogen (secondary N) is 2. The molecule has 0 aliphatic heterocycles. The molecule has 5 nitrogen and oxygen atoms in total. The van der Waals surface area contributed by atoms with Gasteiger partial charge in [0.1, 0.15) is 0 Å². The summed E-state index contributed by atoms with van der Waals surface area (Å²) in [6, 6.07) is 0.369. The zero-order chi connectivity index (χ0) is 15.5. The van der Waals surface area contributed by atoms with Gasteiger partial charge in [0.15, 0.2) is 5.96 Å². The molecular weight excluding hydrogens is 254 g/mol. The van der Waals surface area contributed by atoms with Crippen molar-refractivity contribution >= 4 is 11.9 Å². The van der Waals surface area contributed by atoms with Gasteiger partial charge in [0.25, 0.3) is 0 Å². The van der Waals surface area contributed by atoms with Gasteiger partial charge in [-0.3, -0.25) is 9.79 Å². The summed E-state index contributed by atoms with van der Waals surface area (Å²) in [4.78, 5) is 15.5. The molecule has 0 rings (SSSR count). The van der Waals surface area contributed by atoms with Crippen LogP contribution in [0.15, 0.2) is 4.99 Å². The van der Waals surface area contributed by atoms with Crippen molar-refractivity contribution in [1.82, 2.24) is 10.6 Å². The molecule has 0 amide bonds. The molecule has 5 heteroatoms. The minimum atomic E-state index is -0.210.